The Morgan fingerprint density at radius 3 is 2.77 bits per heavy atom. The maximum atomic E-state index is 13.1. The fraction of sp³-hybridized carbons (Fsp3) is 0.217. The van der Waals surface area contributed by atoms with Gasteiger partial charge in [0.2, 0.25) is 5.95 Å². The summed E-state index contributed by atoms with van der Waals surface area (Å²) in [6.45, 7) is 5.59. The van der Waals surface area contributed by atoms with Crippen molar-refractivity contribution in [1.29, 1.82) is 0 Å². The number of anilines is 1. The van der Waals surface area contributed by atoms with E-state index in [-0.39, 0.29) is 6.61 Å². The number of aromatic nitrogens is 2. The lowest BCUT2D eigenvalue weighted by Crippen LogP contribution is -2.29. The minimum absolute atomic E-state index is 0.120. The van der Waals surface area contributed by atoms with Gasteiger partial charge in [0.1, 0.15) is 18.1 Å². The van der Waals surface area contributed by atoms with Crippen LogP contribution in [0.1, 0.15) is 18.5 Å². The second-order valence-electron chi connectivity index (χ2n) is 6.86. The third-order valence-electron chi connectivity index (χ3n) is 5.11. The molecule has 0 saturated heterocycles. The first-order valence-corrected chi connectivity index (χ1v) is 9.53. The normalized spacial score (nSPS) is 15.4. The summed E-state index contributed by atoms with van der Waals surface area (Å²) in [6.07, 6.45) is 1.54. The van der Waals surface area contributed by atoms with E-state index in [4.69, 9.17) is 19.2 Å². The summed E-state index contributed by atoms with van der Waals surface area (Å²) in [5.74, 6) is 1.50. The van der Waals surface area contributed by atoms with E-state index < -0.39 is 12.0 Å². The van der Waals surface area contributed by atoms with Gasteiger partial charge in [-0.25, -0.2) is 9.78 Å². The third kappa shape index (κ3) is 3.18. The van der Waals surface area contributed by atoms with E-state index in [1.807, 2.05) is 54.0 Å². The highest BCUT2D eigenvalue weighted by molar-refractivity contribution is 5.94. The number of rotatable bonds is 6. The Morgan fingerprint density at radius 2 is 2.03 bits per heavy atom. The first-order chi connectivity index (χ1) is 14.6. The molecular formula is C23H23N3O4. The molecule has 0 spiro atoms. The minimum atomic E-state index is -0.518. The van der Waals surface area contributed by atoms with Crippen LogP contribution in [-0.2, 0) is 9.53 Å². The van der Waals surface area contributed by atoms with E-state index in [9.17, 15) is 4.79 Å². The Morgan fingerprint density at radius 1 is 1.23 bits per heavy atom. The van der Waals surface area contributed by atoms with E-state index in [1.165, 1.54) is 0 Å². The van der Waals surface area contributed by atoms with Gasteiger partial charge in [-0.2, -0.15) is 0 Å². The van der Waals surface area contributed by atoms with Crippen LogP contribution in [0.15, 0.2) is 66.4 Å². The maximum Gasteiger partial charge on any atom is 0.338 e. The van der Waals surface area contributed by atoms with Gasteiger partial charge in [-0.3, -0.25) is 4.57 Å². The van der Waals surface area contributed by atoms with E-state index in [1.54, 1.807) is 20.3 Å². The van der Waals surface area contributed by atoms with Gasteiger partial charge in [-0.05, 0) is 37.3 Å². The van der Waals surface area contributed by atoms with Crippen LogP contribution in [-0.4, -0.2) is 36.3 Å². The Bertz CT molecular complexity index is 1160. The molecule has 2 heterocycles. The molecule has 0 aliphatic carbocycles. The van der Waals surface area contributed by atoms with Crippen LogP contribution in [0, 0.1) is 0 Å². The van der Waals surface area contributed by atoms with Crippen LogP contribution >= 0.6 is 0 Å². The number of hydrogen-bond acceptors (Lipinski definition) is 6. The van der Waals surface area contributed by atoms with Crippen molar-refractivity contribution < 1.29 is 19.0 Å². The SMILES string of the molecule is C=CCOC(=O)C1=C(C)Nc2nc3ccccc3n2[C@H]1c1cc(OC)ccc1OC. The molecule has 1 atom stereocenters. The Balaban J connectivity index is 2.00. The number of methoxy groups -OCH3 is 2. The summed E-state index contributed by atoms with van der Waals surface area (Å²) in [4.78, 5) is 17.8. The number of allylic oxidation sites excluding steroid dienone is 1. The van der Waals surface area contributed by atoms with Gasteiger partial charge in [0, 0.05) is 11.3 Å². The molecule has 1 aromatic heterocycles. The van der Waals surface area contributed by atoms with Crippen LogP contribution < -0.4 is 14.8 Å². The number of nitrogens with zero attached hydrogens (tertiary/aromatic N) is 2. The largest absolute Gasteiger partial charge is 0.497 e. The predicted octanol–water partition coefficient (Wildman–Crippen LogP) is 4.07. The molecule has 0 saturated carbocycles. The number of fused-ring (bicyclic) bond motifs is 3. The van der Waals surface area contributed by atoms with Crippen molar-refractivity contribution in [2.75, 3.05) is 26.1 Å². The van der Waals surface area contributed by atoms with E-state index >= 15 is 0 Å². The zero-order valence-electron chi connectivity index (χ0n) is 17.1. The molecule has 1 aliphatic heterocycles. The van der Waals surface area contributed by atoms with Crippen molar-refractivity contribution in [2.24, 2.45) is 0 Å². The summed E-state index contributed by atoms with van der Waals surface area (Å²) < 4.78 is 18.5. The fourth-order valence-corrected chi connectivity index (χ4v) is 3.79. The number of para-hydroxylation sites is 2. The van der Waals surface area contributed by atoms with Crippen molar-refractivity contribution >= 4 is 23.0 Å². The number of nitrogens with one attached hydrogen (secondary N) is 1. The van der Waals surface area contributed by atoms with Crippen molar-refractivity contribution in [1.82, 2.24) is 9.55 Å². The van der Waals surface area contributed by atoms with Crippen LogP contribution in [0.5, 0.6) is 11.5 Å². The fourth-order valence-electron chi connectivity index (χ4n) is 3.79. The van der Waals surface area contributed by atoms with Crippen molar-refractivity contribution in [2.45, 2.75) is 13.0 Å². The molecule has 4 rings (SSSR count). The molecule has 2 aromatic carbocycles. The number of ether oxygens (including phenoxy) is 3. The predicted molar refractivity (Wildman–Crippen MR) is 115 cm³/mol. The summed E-state index contributed by atoms with van der Waals surface area (Å²) >= 11 is 0. The smallest absolute Gasteiger partial charge is 0.338 e. The molecule has 3 aromatic rings. The second kappa shape index (κ2) is 7.94. The molecule has 1 N–H and O–H groups in total. The first-order valence-electron chi connectivity index (χ1n) is 9.53. The zero-order valence-corrected chi connectivity index (χ0v) is 17.1. The van der Waals surface area contributed by atoms with E-state index in [2.05, 4.69) is 11.9 Å². The highest BCUT2D eigenvalue weighted by Gasteiger charge is 2.36. The van der Waals surface area contributed by atoms with Crippen molar-refractivity contribution in [3.63, 3.8) is 0 Å². The lowest BCUT2D eigenvalue weighted by atomic mass is 9.94. The number of carbonyl (C=O) groups is 1. The van der Waals surface area contributed by atoms with E-state index in [0.717, 1.165) is 16.6 Å². The van der Waals surface area contributed by atoms with Gasteiger partial charge in [-0.15, -0.1) is 0 Å². The molecule has 1 aliphatic rings. The van der Waals surface area contributed by atoms with Gasteiger partial charge in [-0.1, -0.05) is 24.8 Å². The standard InChI is InChI=1S/C23H23N3O4/c1-5-12-30-22(27)20-14(2)24-23-25-17-8-6-7-9-18(17)26(23)21(20)16-13-15(28-3)10-11-19(16)29-4/h5-11,13,21H,1,12H2,2-4H3,(H,24,25)/t21-/m0/s1. The topological polar surface area (TPSA) is 74.6 Å². The van der Waals surface area contributed by atoms with Gasteiger partial charge < -0.3 is 19.5 Å². The molecule has 0 unspecified atom stereocenters. The molecule has 0 amide bonds. The van der Waals surface area contributed by atoms with Crippen LogP contribution in [0.2, 0.25) is 0 Å². The number of benzene rings is 2. The molecule has 7 nitrogen and oxygen atoms in total. The Kier molecular flexibility index (Phi) is 5.18. The molecule has 30 heavy (non-hydrogen) atoms. The molecule has 7 heteroatoms. The van der Waals surface area contributed by atoms with Crippen molar-refractivity contribution in [3.05, 3.63) is 72.0 Å². The van der Waals surface area contributed by atoms with Crippen LogP contribution in [0.4, 0.5) is 5.95 Å². The summed E-state index contributed by atoms with van der Waals surface area (Å²) in [6, 6.07) is 12.8. The molecule has 0 radical (unpaired) electrons. The number of imidazole rings is 1. The van der Waals surface area contributed by atoms with Crippen LogP contribution in [0.3, 0.4) is 0 Å². The molecule has 0 fully saturated rings. The lowest BCUT2D eigenvalue weighted by molar-refractivity contribution is -0.138. The van der Waals surface area contributed by atoms with Gasteiger partial charge in [0.15, 0.2) is 0 Å². The number of hydrogen-bond donors (Lipinski definition) is 1. The van der Waals surface area contributed by atoms with Gasteiger partial charge in [0.25, 0.3) is 0 Å². The second-order valence-corrected chi connectivity index (χ2v) is 6.86. The molecule has 154 valence electrons. The number of esters is 1. The first kappa shape index (κ1) is 19.6. The zero-order chi connectivity index (χ0) is 21.3. The average molecular weight is 405 g/mol. The average Bonchev–Trinajstić information content (AvgIpc) is 3.13. The maximum absolute atomic E-state index is 13.1. The van der Waals surface area contributed by atoms with Crippen molar-refractivity contribution in [3.8, 4) is 11.5 Å². The minimum Gasteiger partial charge on any atom is -0.497 e. The highest BCUT2D eigenvalue weighted by Crippen LogP contribution is 2.43. The number of carbonyl (C=O) groups excluding carboxylic acids is 1. The third-order valence-corrected chi connectivity index (χ3v) is 5.11. The van der Waals surface area contributed by atoms with Crippen LogP contribution in [0.25, 0.3) is 11.0 Å². The van der Waals surface area contributed by atoms with Gasteiger partial charge >= 0.3 is 5.97 Å². The molecular weight excluding hydrogens is 382 g/mol. The van der Waals surface area contributed by atoms with E-state index in [0.29, 0.717) is 28.7 Å². The lowest BCUT2D eigenvalue weighted by Gasteiger charge is -2.31. The highest BCUT2D eigenvalue weighted by atomic mass is 16.5. The molecule has 0 bridgehead atoms. The summed E-state index contributed by atoms with van der Waals surface area (Å²) in [5, 5.41) is 3.26. The Hall–Kier alpha value is -3.74. The monoisotopic (exact) mass is 405 g/mol. The summed E-state index contributed by atoms with van der Waals surface area (Å²) in [5.41, 5.74) is 3.62. The quantitative estimate of drug-likeness (QED) is 0.492. The summed E-state index contributed by atoms with van der Waals surface area (Å²) in [7, 11) is 3.21. The Labute approximate surface area is 174 Å². The van der Waals surface area contributed by atoms with Gasteiger partial charge in [0.05, 0.1) is 36.9 Å².